The van der Waals surface area contributed by atoms with Crippen molar-refractivity contribution in [2.45, 2.75) is 32.1 Å². The minimum absolute atomic E-state index is 0.889. The van der Waals surface area contributed by atoms with Gasteiger partial charge in [-0.05, 0) is 74.4 Å². The maximum Gasteiger partial charge on any atom is 0.118 e. The first-order valence-corrected chi connectivity index (χ1v) is 9.22. The van der Waals surface area contributed by atoms with Crippen LogP contribution in [0.4, 0.5) is 0 Å². The molecule has 2 aromatic carbocycles. The van der Waals surface area contributed by atoms with Crippen LogP contribution < -0.4 is 4.74 Å². The molecule has 24 heavy (non-hydrogen) atoms. The molecule has 0 aliphatic carbocycles. The summed E-state index contributed by atoms with van der Waals surface area (Å²) in [7, 11) is 1.72. The second kappa shape index (κ2) is 8.89. The molecule has 0 spiro atoms. The van der Waals surface area contributed by atoms with Crippen LogP contribution in [0.15, 0.2) is 54.6 Å². The minimum atomic E-state index is 0.889. The Balaban J connectivity index is 1.35. The Hall–Kier alpha value is -1.80. The van der Waals surface area contributed by atoms with Gasteiger partial charge in [-0.3, -0.25) is 0 Å². The maximum atomic E-state index is 5.22. The highest BCUT2D eigenvalue weighted by atomic mass is 16.5. The highest BCUT2D eigenvalue weighted by Gasteiger charge is 2.18. The van der Waals surface area contributed by atoms with Crippen LogP contribution in [0.2, 0.25) is 0 Å². The van der Waals surface area contributed by atoms with Crippen molar-refractivity contribution in [2.24, 2.45) is 5.92 Å². The predicted octanol–water partition coefficient (Wildman–Crippen LogP) is 4.58. The van der Waals surface area contributed by atoms with Crippen molar-refractivity contribution in [3.8, 4) is 5.75 Å². The van der Waals surface area contributed by atoms with Gasteiger partial charge < -0.3 is 9.64 Å². The molecule has 0 atom stereocenters. The standard InChI is InChI=1S/C22H29NO/c1-24-22-11-9-20(10-12-22)7-8-21-14-17-23(18-15-21)16-13-19-5-3-2-4-6-19/h2-6,9-12,21H,7-8,13-18H2,1H3. The SMILES string of the molecule is COc1ccc(CCC2CCN(CCc3ccccc3)CC2)cc1. The van der Waals surface area contributed by atoms with Gasteiger partial charge in [-0.25, -0.2) is 0 Å². The first kappa shape index (κ1) is 17.0. The van der Waals surface area contributed by atoms with E-state index in [0.29, 0.717) is 0 Å². The minimum Gasteiger partial charge on any atom is -0.497 e. The van der Waals surface area contributed by atoms with E-state index in [9.17, 15) is 0 Å². The zero-order chi connectivity index (χ0) is 16.6. The lowest BCUT2D eigenvalue weighted by Crippen LogP contribution is -2.35. The lowest BCUT2D eigenvalue weighted by Gasteiger charge is -2.32. The molecule has 2 nitrogen and oxygen atoms in total. The van der Waals surface area contributed by atoms with Gasteiger partial charge >= 0.3 is 0 Å². The van der Waals surface area contributed by atoms with Crippen LogP contribution in [0.1, 0.15) is 30.4 Å². The number of hydrogen-bond donors (Lipinski definition) is 0. The van der Waals surface area contributed by atoms with Gasteiger partial charge in [0.2, 0.25) is 0 Å². The smallest absolute Gasteiger partial charge is 0.118 e. The van der Waals surface area contributed by atoms with E-state index in [1.54, 1.807) is 7.11 Å². The third-order valence-electron chi connectivity index (χ3n) is 5.27. The van der Waals surface area contributed by atoms with Crippen molar-refractivity contribution in [1.29, 1.82) is 0 Å². The molecular formula is C22H29NO. The van der Waals surface area contributed by atoms with E-state index in [0.717, 1.165) is 11.7 Å². The summed E-state index contributed by atoms with van der Waals surface area (Å²) < 4.78 is 5.22. The Labute approximate surface area is 146 Å². The molecule has 2 aromatic rings. The maximum absolute atomic E-state index is 5.22. The topological polar surface area (TPSA) is 12.5 Å². The van der Waals surface area contributed by atoms with Crippen molar-refractivity contribution >= 4 is 0 Å². The highest BCUT2D eigenvalue weighted by molar-refractivity contribution is 5.27. The molecule has 0 bridgehead atoms. The fraction of sp³-hybridized carbons (Fsp3) is 0.455. The van der Waals surface area contributed by atoms with E-state index in [2.05, 4.69) is 59.5 Å². The van der Waals surface area contributed by atoms with Crippen LogP contribution in [-0.2, 0) is 12.8 Å². The van der Waals surface area contributed by atoms with E-state index in [1.807, 2.05) is 0 Å². The summed E-state index contributed by atoms with van der Waals surface area (Å²) in [5, 5.41) is 0. The molecular weight excluding hydrogens is 294 g/mol. The molecule has 1 heterocycles. The van der Waals surface area contributed by atoms with E-state index in [4.69, 9.17) is 4.74 Å². The Morgan fingerprint density at radius 1 is 0.875 bits per heavy atom. The van der Waals surface area contributed by atoms with Crippen LogP contribution >= 0.6 is 0 Å². The lowest BCUT2D eigenvalue weighted by atomic mass is 9.90. The number of nitrogens with zero attached hydrogens (tertiary/aromatic N) is 1. The number of piperidine rings is 1. The molecule has 1 fully saturated rings. The van der Waals surface area contributed by atoms with Crippen LogP contribution in [-0.4, -0.2) is 31.6 Å². The van der Waals surface area contributed by atoms with Crippen molar-refractivity contribution < 1.29 is 4.74 Å². The van der Waals surface area contributed by atoms with Crippen molar-refractivity contribution in [3.63, 3.8) is 0 Å². The zero-order valence-electron chi connectivity index (χ0n) is 14.8. The number of ether oxygens (including phenoxy) is 1. The largest absolute Gasteiger partial charge is 0.497 e. The summed E-state index contributed by atoms with van der Waals surface area (Å²) in [6.07, 6.45) is 6.39. The van der Waals surface area contributed by atoms with Gasteiger partial charge in [-0.1, -0.05) is 42.5 Å². The Bertz CT molecular complexity index is 585. The van der Waals surface area contributed by atoms with Crippen molar-refractivity contribution in [1.82, 2.24) is 4.90 Å². The Kier molecular flexibility index (Phi) is 6.31. The number of likely N-dealkylation sites (tertiary alicyclic amines) is 1. The second-order valence-electron chi connectivity index (χ2n) is 6.91. The van der Waals surface area contributed by atoms with Crippen molar-refractivity contribution in [3.05, 3.63) is 65.7 Å². The van der Waals surface area contributed by atoms with Crippen LogP contribution in [0.3, 0.4) is 0 Å². The third-order valence-corrected chi connectivity index (χ3v) is 5.27. The normalized spacial score (nSPS) is 16.2. The molecule has 1 saturated heterocycles. The van der Waals surface area contributed by atoms with Crippen molar-refractivity contribution in [2.75, 3.05) is 26.7 Å². The first-order chi connectivity index (χ1) is 11.8. The number of rotatable bonds is 7. The molecule has 0 N–H and O–H groups in total. The van der Waals surface area contributed by atoms with Gasteiger partial charge in [-0.2, -0.15) is 0 Å². The highest BCUT2D eigenvalue weighted by Crippen LogP contribution is 2.23. The molecule has 2 heteroatoms. The van der Waals surface area contributed by atoms with Crippen LogP contribution in [0.5, 0.6) is 5.75 Å². The van der Waals surface area contributed by atoms with Gasteiger partial charge in [0.15, 0.2) is 0 Å². The van der Waals surface area contributed by atoms with Gasteiger partial charge in [-0.15, -0.1) is 0 Å². The summed E-state index contributed by atoms with van der Waals surface area (Å²) in [5.41, 5.74) is 2.89. The van der Waals surface area contributed by atoms with E-state index in [1.165, 1.54) is 62.9 Å². The Morgan fingerprint density at radius 3 is 2.21 bits per heavy atom. The van der Waals surface area contributed by atoms with Crippen LogP contribution in [0.25, 0.3) is 0 Å². The van der Waals surface area contributed by atoms with E-state index in [-0.39, 0.29) is 0 Å². The second-order valence-corrected chi connectivity index (χ2v) is 6.91. The van der Waals surface area contributed by atoms with E-state index < -0.39 is 0 Å². The quantitative estimate of drug-likeness (QED) is 0.739. The molecule has 1 aliphatic heterocycles. The summed E-state index contributed by atoms with van der Waals surface area (Å²) in [5.74, 6) is 1.84. The molecule has 0 unspecified atom stereocenters. The van der Waals surface area contributed by atoms with Crippen LogP contribution in [0, 0.1) is 5.92 Å². The average molecular weight is 323 g/mol. The summed E-state index contributed by atoms with van der Waals surface area (Å²) in [4.78, 5) is 2.64. The van der Waals surface area contributed by atoms with Gasteiger partial charge in [0.1, 0.15) is 5.75 Å². The lowest BCUT2D eigenvalue weighted by molar-refractivity contribution is 0.181. The third kappa shape index (κ3) is 5.10. The van der Waals surface area contributed by atoms with Gasteiger partial charge in [0.25, 0.3) is 0 Å². The van der Waals surface area contributed by atoms with Gasteiger partial charge in [0, 0.05) is 6.54 Å². The monoisotopic (exact) mass is 323 g/mol. The molecule has 3 rings (SSSR count). The first-order valence-electron chi connectivity index (χ1n) is 9.22. The zero-order valence-corrected chi connectivity index (χ0v) is 14.8. The number of methoxy groups -OCH3 is 1. The van der Waals surface area contributed by atoms with E-state index >= 15 is 0 Å². The number of benzene rings is 2. The summed E-state index contributed by atoms with van der Waals surface area (Å²) in [6, 6.07) is 19.4. The molecule has 0 aromatic heterocycles. The van der Waals surface area contributed by atoms with Gasteiger partial charge in [0.05, 0.1) is 7.11 Å². The molecule has 0 saturated carbocycles. The average Bonchev–Trinajstić information content (AvgIpc) is 2.67. The number of aryl methyl sites for hydroxylation is 1. The molecule has 128 valence electrons. The molecule has 0 amide bonds. The fourth-order valence-electron chi connectivity index (χ4n) is 3.59. The Morgan fingerprint density at radius 2 is 1.54 bits per heavy atom. The summed E-state index contributed by atoms with van der Waals surface area (Å²) >= 11 is 0. The molecule has 1 aliphatic rings. The fourth-order valence-corrected chi connectivity index (χ4v) is 3.59. The summed E-state index contributed by atoms with van der Waals surface area (Å²) in [6.45, 7) is 3.73. The number of hydrogen-bond acceptors (Lipinski definition) is 2. The molecule has 0 radical (unpaired) electrons. The predicted molar refractivity (Wildman–Crippen MR) is 101 cm³/mol.